The molecule has 4 rings (SSSR count). The van der Waals surface area contributed by atoms with Crippen LogP contribution in [0.1, 0.15) is 32.6 Å². The molecule has 1 atom stereocenters. The van der Waals surface area contributed by atoms with Crippen molar-refractivity contribution in [2.45, 2.75) is 6.04 Å². The highest BCUT2D eigenvalue weighted by molar-refractivity contribution is 6.21. The van der Waals surface area contributed by atoms with Crippen molar-refractivity contribution in [1.82, 2.24) is 25.3 Å². The smallest absolute Gasteiger partial charge is 0.261 e. The summed E-state index contributed by atoms with van der Waals surface area (Å²) in [5, 5.41) is 7.41. The van der Waals surface area contributed by atoms with Gasteiger partial charge in [-0.3, -0.25) is 19.4 Å². The summed E-state index contributed by atoms with van der Waals surface area (Å²) < 4.78 is 5.41. The van der Waals surface area contributed by atoms with Gasteiger partial charge in [0.25, 0.3) is 17.7 Å². The lowest BCUT2D eigenvalue weighted by atomic mass is 10.1. The number of piperazine rings is 1. The van der Waals surface area contributed by atoms with E-state index in [-0.39, 0.29) is 24.4 Å². The van der Waals surface area contributed by atoms with E-state index in [0.29, 0.717) is 28.4 Å². The molecular formula is C18H19N5O3. The minimum Gasteiger partial charge on any atom is -0.334 e. The molecule has 8 nitrogen and oxygen atoms in total. The first-order valence-electron chi connectivity index (χ1n) is 8.46. The fraction of sp³-hybridized carbons (Fsp3) is 0.333. The SMILES string of the molecule is C=CCN1C(=O)c2ccc(-c3nc(C4CNCCN4C)no3)cc2C1=O. The summed E-state index contributed by atoms with van der Waals surface area (Å²) in [6.07, 6.45) is 1.53. The van der Waals surface area contributed by atoms with Gasteiger partial charge in [-0.2, -0.15) is 4.98 Å². The van der Waals surface area contributed by atoms with Crippen LogP contribution in [0.25, 0.3) is 11.5 Å². The molecule has 1 N–H and O–H groups in total. The van der Waals surface area contributed by atoms with Crippen LogP contribution < -0.4 is 5.32 Å². The lowest BCUT2D eigenvalue weighted by molar-refractivity contribution is 0.0672. The molecule has 1 saturated heterocycles. The zero-order valence-electron chi connectivity index (χ0n) is 14.4. The molecule has 2 aliphatic heterocycles. The Bertz CT molecular complexity index is 891. The number of hydrogen-bond acceptors (Lipinski definition) is 7. The first kappa shape index (κ1) is 16.6. The van der Waals surface area contributed by atoms with E-state index in [2.05, 4.69) is 26.9 Å². The standard InChI is InChI=1S/C18H19N5O3/c1-3-7-23-17(24)12-5-4-11(9-13(12)18(23)25)16-20-15(21-26-16)14-10-19-6-8-22(14)2/h3-5,9,14,19H,1,6-8,10H2,2H3. The molecule has 2 aliphatic rings. The summed E-state index contributed by atoms with van der Waals surface area (Å²) in [4.78, 5) is 32.6. The Balaban J connectivity index is 1.64. The second-order valence-corrected chi connectivity index (χ2v) is 6.43. The molecule has 1 fully saturated rings. The number of benzene rings is 1. The van der Waals surface area contributed by atoms with Gasteiger partial charge in [-0.15, -0.1) is 6.58 Å². The molecule has 1 aromatic carbocycles. The third kappa shape index (κ3) is 2.63. The van der Waals surface area contributed by atoms with Gasteiger partial charge < -0.3 is 9.84 Å². The van der Waals surface area contributed by atoms with Gasteiger partial charge in [-0.05, 0) is 25.2 Å². The van der Waals surface area contributed by atoms with Crippen molar-refractivity contribution in [3.63, 3.8) is 0 Å². The van der Waals surface area contributed by atoms with E-state index in [1.54, 1.807) is 18.2 Å². The number of imide groups is 1. The molecule has 134 valence electrons. The van der Waals surface area contributed by atoms with Crippen molar-refractivity contribution in [1.29, 1.82) is 0 Å². The minimum atomic E-state index is -0.331. The summed E-state index contributed by atoms with van der Waals surface area (Å²) in [5.41, 5.74) is 1.36. The summed E-state index contributed by atoms with van der Waals surface area (Å²) in [6.45, 7) is 6.36. The van der Waals surface area contributed by atoms with Gasteiger partial charge in [-0.1, -0.05) is 11.2 Å². The molecule has 3 heterocycles. The van der Waals surface area contributed by atoms with Gasteiger partial charge in [0.15, 0.2) is 5.82 Å². The molecule has 0 radical (unpaired) electrons. The van der Waals surface area contributed by atoms with Crippen molar-refractivity contribution in [2.24, 2.45) is 0 Å². The van der Waals surface area contributed by atoms with Gasteiger partial charge in [0.05, 0.1) is 17.2 Å². The minimum absolute atomic E-state index is 0.0435. The second kappa shape index (κ2) is 6.47. The molecule has 8 heteroatoms. The second-order valence-electron chi connectivity index (χ2n) is 6.43. The third-order valence-corrected chi connectivity index (χ3v) is 4.78. The van der Waals surface area contributed by atoms with Crippen molar-refractivity contribution in [3.8, 4) is 11.5 Å². The van der Waals surface area contributed by atoms with E-state index in [1.165, 1.54) is 11.0 Å². The van der Waals surface area contributed by atoms with E-state index >= 15 is 0 Å². The topological polar surface area (TPSA) is 91.6 Å². The largest absolute Gasteiger partial charge is 0.334 e. The van der Waals surface area contributed by atoms with Crippen LogP contribution in [0, 0.1) is 0 Å². The normalized spacial score (nSPS) is 20.5. The van der Waals surface area contributed by atoms with Crippen molar-refractivity contribution < 1.29 is 14.1 Å². The highest BCUT2D eigenvalue weighted by atomic mass is 16.5. The molecule has 2 amide bonds. The first-order chi connectivity index (χ1) is 12.6. The highest BCUT2D eigenvalue weighted by Gasteiger charge is 2.35. The zero-order valence-corrected chi connectivity index (χ0v) is 14.4. The maximum absolute atomic E-state index is 12.5. The Kier molecular flexibility index (Phi) is 4.14. The first-order valence-corrected chi connectivity index (χ1v) is 8.46. The van der Waals surface area contributed by atoms with E-state index in [1.807, 2.05) is 7.05 Å². The number of amides is 2. The number of nitrogens with one attached hydrogen (secondary N) is 1. The number of hydrogen-bond donors (Lipinski definition) is 1. The van der Waals surface area contributed by atoms with Gasteiger partial charge in [0, 0.05) is 31.7 Å². The summed E-state index contributed by atoms with van der Waals surface area (Å²) in [6, 6.07) is 5.04. The number of likely N-dealkylation sites (N-methyl/N-ethyl adjacent to an activating group) is 1. The van der Waals surface area contributed by atoms with Crippen LogP contribution in [0.4, 0.5) is 0 Å². The Labute approximate surface area is 150 Å². The number of rotatable bonds is 4. The molecule has 0 aliphatic carbocycles. The predicted octanol–water partition coefficient (Wildman–Crippen LogP) is 1.09. The quantitative estimate of drug-likeness (QED) is 0.650. The van der Waals surface area contributed by atoms with E-state index in [9.17, 15) is 9.59 Å². The van der Waals surface area contributed by atoms with E-state index in [0.717, 1.165) is 19.6 Å². The lowest BCUT2D eigenvalue weighted by Crippen LogP contribution is -2.44. The number of fused-ring (bicyclic) bond motifs is 1. The molecule has 0 spiro atoms. The number of carbonyl (C=O) groups is 2. The number of aromatic nitrogens is 2. The van der Waals surface area contributed by atoms with Crippen LogP contribution in [-0.4, -0.2) is 65.0 Å². The van der Waals surface area contributed by atoms with Crippen LogP contribution in [0.15, 0.2) is 35.4 Å². The van der Waals surface area contributed by atoms with Gasteiger partial charge >= 0.3 is 0 Å². The van der Waals surface area contributed by atoms with Crippen molar-refractivity contribution in [2.75, 3.05) is 33.2 Å². The summed E-state index contributed by atoms with van der Waals surface area (Å²) in [7, 11) is 2.02. The number of carbonyl (C=O) groups excluding carboxylic acids is 2. The zero-order chi connectivity index (χ0) is 18.3. The fourth-order valence-electron chi connectivity index (χ4n) is 3.30. The third-order valence-electron chi connectivity index (χ3n) is 4.78. The monoisotopic (exact) mass is 353 g/mol. The van der Waals surface area contributed by atoms with E-state index < -0.39 is 0 Å². The Morgan fingerprint density at radius 3 is 2.92 bits per heavy atom. The maximum Gasteiger partial charge on any atom is 0.261 e. The van der Waals surface area contributed by atoms with Crippen LogP contribution in [0.2, 0.25) is 0 Å². The average Bonchev–Trinajstić information content (AvgIpc) is 3.22. The predicted molar refractivity (Wildman–Crippen MR) is 93.5 cm³/mol. The Morgan fingerprint density at radius 2 is 2.15 bits per heavy atom. The van der Waals surface area contributed by atoms with E-state index in [4.69, 9.17) is 4.52 Å². The van der Waals surface area contributed by atoms with Crippen molar-refractivity contribution in [3.05, 3.63) is 47.8 Å². The summed E-state index contributed by atoms with van der Waals surface area (Å²) >= 11 is 0. The van der Waals surface area contributed by atoms with Crippen LogP contribution >= 0.6 is 0 Å². The average molecular weight is 353 g/mol. The maximum atomic E-state index is 12.5. The Hall–Kier alpha value is -2.84. The highest BCUT2D eigenvalue weighted by Crippen LogP contribution is 2.29. The molecule has 1 aromatic heterocycles. The molecular weight excluding hydrogens is 334 g/mol. The fourth-order valence-corrected chi connectivity index (χ4v) is 3.30. The molecule has 0 saturated carbocycles. The van der Waals surface area contributed by atoms with Crippen LogP contribution in [-0.2, 0) is 0 Å². The molecule has 1 unspecified atom stereocenters. The molecule has 2 aromatic rings. The summed E-state index contributed by atoms with van der Waals surface area (Å²) in [5.74, 6) is 0.301. The van der Waals surface area contributed by atoms with Gasteiger partial charge in [0.1, 0.15) is 0 Å². The Morgan fingerprint density at radius 1 is 1.35 bits per heavy atom. The molecule has 0 bridgehead atoms. The lowest BCUT2D eigenvalue weighted by Gasteiger charge is -2.30. The number of nitrogens with zero attached hydrogens (tertiary/aromatic N) is 4. The van der Waals surface area contributed by atoms with Crippen LogP contribution in [0.5, 0.6) is 0 Å². The van der Waals surface area contributed by atoms with Gasteiger partial charge in [-0.25, -0.2) is 0 Å². The van der Waals surface area contributed by atoms with Crippen molar-refractivity contribution >= 4 is 11.8 Å². The molecule has 26 heavy (non-hydrogen) atoms. The van der Waals surface area contributed by atoms with Crippen LogP contribution in [0.3, 0.4) is 0 Å². The van der Waals surface area contributed by atoms with Gasteiger partial charge in [0.2, 0.25) is 0 Å².